The largest absolute Gasteiger partial charge is 0.298 e. The van der Waals surface area contributed by atoms with Crippen molar-refractivity contribution in [3.05, 3.63) is 0 Å². The second-order valence-electron chi connectivity index (χ2n) is 3.76. The van der Waals surface area contributed by atoms with Gasteiger partial charge in [0.25, 0.3) is 0 Å². The summed E-state index contributed by atoms with van der Waals surface area (Å²) in [6.45, 7) is -0.0231. The quantitative estimate of drug-likeness (QED) is 0.620. The molecular weight excluding hydrogens is 150 g/mol. The molecule has 0 aromatic carbocycles. The predicted octanol–water partition coefficient (Wildman–Crippen LogP) is 2.20. The van der Waals surface area contributed by atoms with E-state index in [2.05, 4.69) is 0 Å². The van der Waals surface area contributed by atoms with Crippen LogP contribution in [0.15, 0.2) is 0 Å². The highest BCUT2D eigenvalue weighted by Crippen LogP contribution is 2.28. The normalized spacial score (nSPS) is 18.4. The first-order valence-electron chi connectivity index (χ1n) is 4.99. The van der Waals surface area contributed by atoms with E-state index in [1.54, 1.807) is 0 Å². The second-order valence-corrected chi connectivity index (χ2v) is 3.76. The Labute approximate surface area is 74.5 Å². The maximum absolute atomic E-state index is 10.8. The number of hydrogen-bond donors (Lipinski definition) is 0. The lowest BCUT2D eigenvalue weighted by molar-refractivity contribution is -0.118. The van der Waals surface area contributed by atoms with Gasteiger partial charge in [0.05, 0.1) is 6.54 Å². The second kappa shape index (κ2) is 5.31. The highest BCUT2D eigenvalue weighted by molar-refractivity contribution is 5.79. The monoisotopic (exact) mass is 168 g/mol. The summed E-state index contributed by atoms with van der Waals surface area (Å²) in [7, 11) is 0. The number of ketones is 1. The summed E-state index contributed by atoms with van der Waals surface area (Å²) >= 11 is 0. The minimum Gasteiger partial charge on any atom is -0.298 e. The molecule has 0 unspecified atom stereocenters. The van der Waals surface area contributed by atoms with Crippen molar-refractivity contribution in [3.63, 3.8) is 0 Å². The fourth-order valence-electron chi connectivity index (χ4n) is 1.98. The molecule has 0 spiro atoms. The zero-order valence-electron chi connectivity index (χ0n) is 7.64. The lowest BCUT2D eigenvalue weighted by Gasteiger charge is -2.06. The van der Waals surface area contributed by atoms with Gasteiger partial charge in [0.1, 0.15) is 5.78 Å². The molecule has 69 valence electrons. The molecule has 1 fully saturated rings. The number of hydrogen-bond acceptors (Lipinski definition) is 1. The van der Waals surface area contributed by atoms with Crippen LogP contribution in [0.25, 0.3) is 0 Å². The molecule has 1 aliphatic rings. The summed E-state index contributed by atoms with van der Waals surface area (Å²) in [6.07, 6.45) is 8.38. The van der Waals surface area contributed by atoms with E-state index in [1.165, 1.54) is 32.1 Å². The fourth-order valence-corrected chi connectivity index (χ4v) is 1.98. The van der Waals surface area contributed by atoms with Gasteiger partial charge >= 0.3 is 0 Å². The van der Waals surface area contributed by atoms with Gasteiger partial charge in [0.2, 0.25) is 0 Å². The van der Waals surface area contributed by atoms with Crippen molar-refractivity contribution in [2.45, 2.75) is 44.9 Å². The topological polar surface area (TPSA) is 40.9 Å². The molecule has 1 saturated carbocycles. The Balaban J connectivity index is 1.97. The predicted molar refractivity (Wildman–Crippen MR) is 48.8 cm³/mol. The summed E-state index contributed by atoms with van der Waals surface area (Å²) < 4.78 is 0. The number of carbonyl (C=O) groups is 1. The Morgan fingerprint density at radius 1 is 1.33 bits per heavy atom. The molecule has 1 N–H and O–H groups in total. The summed E-state index contributed by atoms with van der Waals surface area (Å²) in [5.74, 6) is 0.997. The van der Waals surface area contributed by atoms with Crippen LogP contribution in [0.5, 0.6) is 0 Å². The third-order valence-electron chi connectivity index (χ3n) is 2.74. The van der Waals surface area contributed by atoms with Crippen molar-refractivity contribution in [1.82, 2.24) is 5.73 Å². The van der Waals surface area contributed by atoms with E-state index < -0.39 is 0 Å². The van der Waals surface area contributed by atoms with Crippen LogP contribution in [0.2, 0.25) is 0 Å². The highest BCUT2D eigenvalue weighted by atomic mass is 16.1. The van der Waals surface area contributed by atoms with Gasteiger partial charge in [-0.3, -0.25) is 10.5 Å². The van der Waals surface area contributed by atoms with Gasteiger partial charge in [-0.1, -0.05) is 32.1 Å². The van der Waals surface area contributed by atoms with Crippen molar-refractivity contribution in [3.8, 4) is 0 Å². The van der Waals surface area contributed by atoms with Gasteiger partial charge in [0, 0.05) is 6.42 Å². The molecule has 2 nitrogen and oxygen atoms in total. The van der Waals surface area contributed by atoms with Crippen LogP contribution in [0, 0.1) is 5.92 Å². The van der Waals surface area contributed by atoms with Gasteiger partial charge in [-0.2, -0.15) is 0 Å². The van der Waals surface area contributed by atoms with Crippen LogP contribution >= 0.6 is 0 Å². The number of nitrogens with one attached hydrogen (secondary N) is 1. The van der Waals surface area contributed by atoms with E-state index in [0.717, 1.165) is 12.3 Å². The Morgan fingerprint density at radius 2 is 2.00 bits per heavy atom. The van der Waals surface area contributed by atoms with Crippen LogP contribution in [0.1, 0.15) is 44.9 Å². The van der Waals surface area contributed by atoms with Crippen LogP contribution in [0.3, 0.4) is 0 Å². The maximum atomic E-state index is 10.8. The van der Waals surface area contributed by atoms with Gasteiger partial charge in [0.15, 0.2) is 0 Å². The highest BCUT2D eigenvalue weighted by Gasteiger charge is 2.14. The molecule has 0 atom stereocenters. The standard InChI is InChI=1S/C10H18NO/c11-8-10(12)7-3-6-9-4-1-2-5-9/h9,11H,1-8H2. The first kappa shape index (κ1) is 9.72. The molecule has 0 bridgehead atoms. The van der Waals surface area contributed by atoms with Crippen molar-refractivity contribution < 1.29 is 4.79 Å². The fraction of sp³-hybridized carbons (Fsp3) is 0.900. The van der Waals surface area contributed by atoms with Crippen molar-refractivity contribution in [1.29, 1.82) is 0 Å². The van der Waals surface area contributed by atoms with E-state index in [1.807, 2.05) is 0 Å². The minimum absolute atomic E-state index is 0.0231. The van der Waals surface area contributed by atoms with Gasteiger partial charge < -0.3 is 0 Å². The van der Waals surface area contributed by atoms with E-state index in [4.69, 9.17) is 5.73 Å². The smallest absolute Gasteiger partial charge is 0.148 e. The molecule has 0 aromatic heterocycles. The van der Waals surface area contributed by atoms with Crippen LogP contribution in [-0.2, 0) is 4.79 Å². The third-order valence-corrected chi connectivity index (χ3v) is 2.74. The molecular formula is C10H18NO. The summed E-state index contributed by atoms with van der Waals surface area (Å²) in [5, 5.41) is 0. The number of rotatable bonds is 5. The van der Waals surface area contributed by atoms with Crippen molar-refractivity contribution in [2.24, 2.45) is 5.92 Å². The van der Waals surface area contributed by atoms with Gasteiger partial charge in [-0.25, -0.2) is 0 Å². The maximum Gasteiger partial charge on any atom is 0.148 e. The molecule has 1 rings (SSSR count). The molecule has 0 aromatic rings. The zero-order valence-corrected chi connectivity index (χ0v) is 7.64. The average Bonchev–Trinajstić information content (AvgIpc) is 2.57. The molecule has 1 radical (unpaired) electrons. The Bertz CT molecular complexity index is 139. The van der Waals surface area contributed by atoms with Crippen molar-refractivity contribution in [2.75, 3.05) is 6.54 Å². The summed E-state index contributed by atoms with van der Waals surface area (Å²) in [5.41, 5.74) is 6.85. The molecule has 0 saturated heterocycles. The Morgan fingerprint density at radius 3 is 2.58 bits per heavy atom. The Hall–Kier alpha value is -0.370. The summed E-state index contributed by atoms with van der Waals surface area (Å²) in [6, 6.07) is 0. The first-order valence-corrected chi connectivity index (χ1v) is 4.99. The molecule has 2 heteroatoms. The van der Waals surface area contributed by atoms with E-state index in [-0.39, 0.29) is 12.3 Å². The van der Waals surface area contributed by atoms with E-state index in [9.17, 15) is 4.79 Å². The Kier molecular flexibility index (Phi) is 4.30. The van der Waals surface area contributed by atoms with Gasteiger partial charge in [-0.15, -0.1) is 0 Å². The van der Waals surface area contributed by atoms with Crippen LogP contribution in [-0.4, -0.2) is 12.3 Å². The number of Topliss-reactive ketones (excluding diaryl/α,β-unsaturated/α-hetero) is 1. The van der Waals surface area contributed by atoms with Crippen LogP contribution in [0.4, 0.5) is 0 Å². The van der Waals surface area contributed by atoms with E-state index in [0.29, 0.717) is 6.42 Å². The lowest BCUT2D eigenvalue weighted by Crippen LogP contribution is -2.05. The molecule has 0 amide bonds. The molecule has 0 heterocycles. The molecule has 12 heavy (non-hydrogen) atoms. The average molecular weight is 168 g/mol. The zero-order chi connectivity index (χ0) is 8.81. The summed E-state index contributed by atoms with van der Waals surface area (Å²) in [4.78, 5) is 10.8. The molecule has 0 aliphatic heterocycles. The van der Waals surface area contributed by atoms with E-state index >= 15 is 0 Å². The van der Waals surface area contributed by atoms with Crippen molar-refractivity contribution >= 4 is 5.78 Å². The number of carbonyl (C=O) groups excluding carboxylic acids is 1. The lowest BCUT2D eigenvalue weighted by atomic mass is 10.00. The molecule has 1 aliphatic carbocycles. The minimum atomic E-state index is -0.0231. The van der Waals surface area contributed by atoms with Crippen LogP contribution < -0.4 is 5.73 Å². The third kappa shape index (κ3) is 3.35. The first-order chi connectivity index (χ1) is 5.83. The van der Waals surface area contributed by atoms with Gasteiger partial charge in [-0.05, 0) is 12.3 Å². The SMILES string of the molecule is [NH]CC(=O)CCCC1CCCC1.